The molecular weight excluding hydrogens is 323 g/mol. The summed E-state index contributed by atoms with van der Waals surface area (Å²) in [4.78, 5) is 7.47. The molecule has 0 aliphatic heterocycles. The van der Waals surface area contributed by atoms with Crippen molar-refractivity contribution in [1.29, 1.82) is 0 Å². The molecule has 0 spiro atoms. The van der Waals surface area contributed by atoms with Gasteiger partial charge in [0.2, 0.25) is 0 Å². The van der Waals surface area contributed by atoms with Gasteiger partial charge in [-0.15, -0.1) is 11.3 Å². The molecule has 1 aromatic heterocycles. The molecule has 6 heteroatoms. The largest absolute Gasteiger partial charge is 0.352 e. The molecule has 1 aromatic carbocycles. The molecule has 0 bridgehead atoms. The highest BCUT2D eigenvalue weighted by atomic mass is 32.1. The molecular formula is C18H25FN4S. The van der Waals surface area contributed by atoms with Crippen molar-refractivity contribution in [3.05, 3.63) is 57.5 Å². The first kappa shape index (κ1) is 18.4. The van der Waals surface area contributed by atoms with E-state index < -0.39 is 0 Å². The molecule has 0 radical (unpaired) electrons. The molecule has 2 aromatic rings. The van der Waals surface area contributed by atoms with E-state index in [0.29, 0.717) is 18.7 Å². The number of aliphatic imine (C=N–C) groups is 1. The smallest absolute Gasteiger partial charge is 0.191 e. The lowest BCUT2D eigenvalue weighted by Gasteiger charge is -2.17. The zero-order valence-corrected chi connectivity index (χ0v) is 15.5. The van der Waals surface area contributed by atoms with Crippen LogP contribution in [0.25, 0.3) is 0 Å². The van der Waals surface area contributed by atoms with E-state index in [4.69, 9.17) is 0 Å². The summed E-state index contributed by atoms with van der Waals surface area (Å²) < 4.78 is 13.8. The van der Waals surface area contributed by atoms with E-state index in [9.17, 15) is 4.39 Å². The lowest BCUT2D eigenvalue weighted by Crippen LogP contribution is -2.38. The van der Waals surface area contributed by atoms with Gasteiger partial charge in [0.25, 0.3) is 0 Å². The Morgan fingerprint density at radius 1 is 1.33 bits per heavy atom. The predicted octanol–water partition coefficient (Wildman–Crippen LogP) is 3.38. The molecule has 0 aliphatic carbocycles. The van der Waals surface area contributed by atoms with Crippen molar-refractivity contribution in [3.63, 3.8) is 0 Å². The van der Waals surface area contributed by atoms with Gasteiger partial charge in [-0.1, -0.05) is 12.1 Å². The highest BCUT2D eigenvalue weighted by Crippen LogP contribution is 2.18. The van der Waals surface area contributed by atoms with Gasteiger partial charge in [-0.05, 0) is 50.2 Å². The summed E-state index contributed by atoms with van der Waals surface area (Å²) in [5.74, 6) is 0.565. The van der Waals surface area contributed by atoms with Gasteiger partial charge >= 0.3 is 0 Å². The Bertz CT molecular complexity index is 668. The molecule has 24 heavy (non-hydrogen) atoms. The van der Waals surface area contributed by atoms with Crippen LogP contribution in [-0.2, 0) is 13.1 Å². The maximum Gasteiger partial charge on any atom is 0.191 e. The molecule has 1 unspecified atom stereocenters. The molecule has 0 saturated heterocycles. The number of hydrogen-bond acceptors (Lipinski definition) is 3. The standard InChI is InChI=1S/C18H25FN4S/c1-13(17-6-5-9-24-17)22-18(20-2)21-11-14-7-8-16(19)15(10-14)12-23(3)4/h5-10,13H,11-12H2,1-4H3,(H2,20,21,22). The molecule has 1 atom stereocenters. The molecule has 130 valence electrons. The van der Waals surface area contributed by atoms with Gasteiger partial charge in [0, 0.05) is 30.6 Å². The summed E-state index contributed by atoms with van der Waals surface area (Å²) in [7, 11) is 5.61. The molecule has 0 saturated carbocycles. The predicted molar refractivity (Wildman–Crippen MR) is 99.9 cm³/mol. The summed E-state index contributed by atoms with van der Waals surface area (Å²) in [6, 6.07) is 9.56. The Labute approximate surface area is 147 Å². The van der Waals surface area contributed by atoms with Gasteiger partial charge in [0.05, 0.1) is 6.04 Å². The average Bonchev–Trinajstić information content (AvgIpc) is 3.08. The lowest BCUT2D eigenvalue weighted by molar-refractivity contribution is 0.392. The van der Waals surface area contributed by atoms with Crippen LogP contribution in [-0.4, -0.2) is 32.0 Å². The third-order valence-corrected chi connectivity index (χ3v) is 4.66. The van der Waals surface area contributed by atoms with Gasteiger partial charge < -0.3 is 15.5 Å². The van der Waals surface area contributed by atoms with Crippen molar-refractivity contribution in [2.45, 2.75) is 26.1 Å². The summed E-state index contributed by atoms with van der Waals surface area (Å²) in [6.45, 7) is 3.28. The van der Waals surface area contributed by atoms with Gasteiger partial charge in [0.15, 0.2) is 5.96 Å². The second-order valence-electron chi connectivity index (χ2n) is 5.97. The Kier molecular flexibility index (Phi) is 6.75. The number of benzene rings is 1. The van der Waals surface area contributed by atoms with E-state index in [1.807, 2.05) is 31.1 Å². The molecule has 1 heterocycles. The molecule has 4 nitrogen and oxygen atoms in total. The number of halogens is 1. The van der Waals surface area contributed by atoms with E-state index in [-0.39, 0.29) is 11.9 Å². The van der Waals surface area contributed by atoms with Gasteiger partial charge in [-0.3, -0.25) is 4.99 Å². The minimum Gasteiger partial charge on any atom is -0.352 e. The first-order chi connectivity index (χ1) is 11.5. The number of nitrogens with one attached hydrogen (secondary N) is 2. The zero-order chi connectivity index (χ0) is 17.5. The highest BCUT2D eigenvalue weighted by Gasteiger charge is 2.09. The number of nitrogens with zero attached hydrogens (tertiary/aromatic N) is 2. The minimum atomic E-state index is -0.165. The fourth-order valence-electron chi connectivity index (χ4n) is 2.39. The van der Waals surface area contributed by atoms with E-state index in [0.717, 1.165) is 11.5 Å². The lowest BCUT2D eigenvalue weighted by atomic mass is 10.1. The van der Waals surface area contributed by atoms with Crippen LogP contribution in [0.4, 0.5) is 4.39 Å². The Morgan fingerprint density at radius 3 is 2.75 bits per heavy atom. The van der Waals surface area contributed by atoms with E-state index in [1.165, 1.54) is 10.9 Å². The summed E-state index contributed by atoms with van der Waals surface area (Å²) in [5, 5.41) is 8.71. The van der Waals surface area contributed by atoms with Gasteiger partial charge in [-0.2, -0.15) is 0 Å². The first-order valence-electron chi connectivity index (χ1n) is 7.92. The molecule has 2 rings (SSSR count). The van der Waals surface area contributed by atoms with Gasteiger partial charge in [0.1, 0.15) is 5.82 Å². The number of hydrogen-bond donors (Lipinski definition) is 2. The highest BCUT2D eigenvalue weighted by molar-refractivity contribution is 7.10. The molecule has 2 N–H and O–H groups in total. The van der Waals surface area contributed by atoms with Crippen LogP contribution in [0.15, 0.2) is 40.7 Å². The van der Waals surface area contributed by atoms with E-state index >= 15 is 0 Å². The van der Waals surface area contributed by atoms with Crippen LogP contribution in [0, 0.1) is 5.82 Å². The number of thiophene rings is 1. The Hall–Kier alpha value is -1.92. The molecule has 0 fully saturated rings. The Morgan fingerprint density at radius 2 is 2.12 bits per heavy atom. The molecule has 0 amide bonds. The maximum atomic E-state index is 13.8. The molecule has 0 aliphatic rings. The van der Waals surface area contributed by atoms with Crippen molar-refractivity contribution in [1.82, 2.24) is 15.5 Å². The number of guanidine groups is 1. The van der Waals surface area contributed by atoms with Crippen molar-refractivity contribution < 1.29 is 4.39 Å². The fraction of sp³-hybridized carbons (Fsp3) is 0.389. The van der Waals surface area contributed by atoms with Crippen LogP contribution in [0.2, 0.25) is 0 Å². The van der Waals surface area contributed by atoms with Crippen molar-refractivity contribution in [3.8, 4) is 0 Å². The second kappa shape index (κ2) is 8.80. The fourth-order valence-corrected chi connectivity index (χ4v) is 3.13. The van der Waals surface area contributed by atoms with E-state index in [2.05, 4.69) is 34.0 Å². The normalized spacial score (nSPS) is 13.2. The summed E-state index contributed by atoms with van der Waals surface area (Å²) in [6.07, 6.45) is 0. The van der Waals surface area contributed by atoms with Crippen LogP contribution >= 0.6 is 11.3 Å². The topological polar surface area (TPSA) is 39.7 Å². The van der Waals surface area contributed by atoms with Crippen molar-refractivity contribution in [2.75, 3.05) is 21.1 Å². The van der Waals surface area contributed by atoms with Crippen LogP contribution < -0.4 is 10.6 Å². The SMILES string of the molecule is CN=C(NCc1ccc(F)c(CN(C)C)c1)NC(C)c1cccs1. The first-order valence-corrected chi connectivity index (χ1v) is 8.80. The minimum absolute atomic E-state index is 0.165. The second-order valence-corrected chi connectivity index (χ2v) is 6.95. The van der Waals surface area contributed by atoms with Crippen molar-refractivity contribution >= 4 is 17.3 Å². The Balaban J connectivity index is 1.95. The summed E-state index contributed by atoms with van der Waals surface area (Å²) in [5.41, 5.74) is 1.73. The van der Waals surface area contributed by atoms with Crippen molar-refractivity contribution in [2.24, 2.45) is 4.99 Å². The van der Waals surface area contributed by atoms with Crippen LogP contribution in [0.1, 0.15) is 29.0 Å². The summed E-state index contributed by atoms with van der Waals surface area (Å²) >= 11 is 1.72. The monoisotopic (exact) mass is 348 g/mol. The van der Waals surface area contributed by atoms with Crippen LogP contribution in [0.3, 0.4) is 0 Å². The zero-order valence-electron chi connectivity index (χ0n) is 14.6. The third-order valence-electron chi connectivity index (χ3n) is 3.60. The van der Waals surface area contributed by atoms with Gasteiger partial charge in [-0.25, -0.2) is 4.39 Å². The quantitative estimate of drug-likeness (QED) is 0.621. The van der Waals surface area contributed by atoms with E-state index in [1.54, 1.807) is 24.5 Å². The van der Waals surface area contributed by atoms with Crippen LogP contribution in [0.5, 0.6) is 0 Å². The number of rotatable bonds is 6. The third kappa shape index (κ3) is 5.32. The maximum absolute atomic E-state index is 13.8. The average molecular weight is 348 g/mol.